The van der Waals surface area contributed by atoms with Crippen LogP contribution in [0.3, 0.4) is 0 Å². The lowest BCUT2D eigenvalue weighted by Gasteiger charge is -2.24. The Kier molecular flexibility index (Phi) is 5.81. The van der Waals surface area contributed by atoms with Crippen molar-refractivity contribution in [2.24, 2.45) is 0 Å². The molecule has 1 N–H and O–H groups in total. The highest BCUT2D eigenvalue weighted by Crippen LogP contribution is 2.07. The molecule has 0 aliphatic rings. The summed E-state index contributed by atoms with van der Waals surface area (Å²) in [6.45, 7) is 7.27. The zero-order valence-corrected chi connectivity index (χ0v) is 10.5. The molecule has 0 aliphatic carbocycles. The Hall–Kier alpha value is -1.30. The van der Waals surface area contributed by atoms with Gasteiger partial charge in [0.25, 0.3) is 0 Å². The molecule has 0 aromatic heterocycles. The second-order valence-corrected chi connectivity index (χ2v) is 4.18. The summed E-state index contributed by atoms with van der Waals surface area (Å²) in [4.78, 5) is 22.4. The molecule has 0 unspecified atom stereocenters. The molecule has 94 valence electrons. The van der Waals surface area contributed by atoms with Crippen molar-refractivity contribution in [2.45, 2.75) is 33.3 Å². The number of esters is 1. The van der Waals surface area contributed by atoms with Crippen LogP contribution in [0.5, 0.6) is 0 Å². The van der Waals surface area contributed by atoms with Gasteiger partial charge in [-0.25, -0.2) is 15.2 Å². The summed E-state index contributed by atoms with van der Waals surface area (Å²) in [5.41, 5.74) is 2.02. The third kappa shape index (κ3) is 7.05. The van der Waals surface area contributed by atoms with E-state index in [9.17, 15) is 9.59 Å². The molecule has 0 fully saturated rings. The van der Waals surface area contributed by atoms with Gasteiger partial charge in [0.2, 0.25) is 0 Å². The molecule has 6 heteroatoms. The number of nitrogens with one attached hydrogen (secondary N) is 1. The number of hydrazine groups is 1. The van der Waals surface area contributed by atoms with Crippen molar-refractivity contribution in [3.05, 3.63) is 0 Å². The Bertz CT molecular complexity index is 248. The van der Waals surface area contributed by atoms with Crippen molar-refractivity contribution in [2.75, 3.05) is 20.2 Å². The van der Waals surface area contributed by atoms with E-state index in [-0.39, 0.29) is 6.54 Å². The third-order valence-electron chi connectivity index (χ3n) is 1.43. The molecule has 0 saturated heterocycles. The van der Waals surface area contributed by atoms with Gasteiger partial charge in [0.15, 0.2) is 0 Å². The zero-order chi connectivity index (χ0) is 12.8. The molecule has 0 aliphatic heterocycles. The monoisotopic (exact) mass is 232 g/mol. The normalized spacial score (nSPS) is 10.8. The molecule has 0 spiro atoms. The number of ether oxygens (including phenoxy) is 2. The van der Waals surface area contributed by atoms with E-state index < -0.39 is 17.7 Å². The van der Waals surface area contributed by atoms with E-state index in [0.29, 0.717) is 6.61 Å². The molecule has 0 aromatic rings. The Morgan fingerprint density at radius 1 is 1.31 bits per heavy atom. The van der Waals surface area contributed by atoms with Gasteiger partial charge in [-0.1, -0.05) is 0 Å². The van der Waals surface area contributed by atoms with Crippen LogP contribution < -0.4 is 5.43 Å². The molecule has 0 atom stereocenters. The fourth-order valence-corrected chi connectivity index (χ4v) is 0.790. The first-order chi connectivity index (χ1) is 7.26. The first-order valence-electron chi connectivity index (χ1n) is 5.12. The van der Waals surface area contributed by atoms with Crippen LogP contribution in [-0.4, -0.2) is 42.9 Å². The van der Waals surface area contributed by atoms with Crippen LogP contribution in [0.25, 0.3) is 0 Å². The Labute approximate surface area is 95.9 Å². The minimum absolute atomic E-state index is 0.0659. The quantitative estimate of drug-likeness (QED) is 0.576. The van der Waals surface area contributed by atoms with Gasteiger partial charge in [-0.05, 0) is 27.7 Å². The number of nitrogens with zero attached hydrogens (tertiary/aromatic N) is 1. The predicted octanol–water partition coefficient (Wildman–Crippen LogP) is 0.921. The van der Waals surface area contributed by atoms with Crippen LogP contribution >= 0.6 is 0 Å². The van der Waals surface area contributed by atoms with Crippen LogP contribution in [0.15, 0.2) is 0 Å². The van der Waals surface area contributed by atoms with Crippen LogP contribution in [0.2, 0.25) is 0 Å². The largest absolute Gasteiger partial charge is 0.465 e. The number of amides is 1. The van der Waals surface area contributed by atoms with E-state index in [1.54, 1.807) is 27.7 Å². The highest BCUT2D eigenvalue weighted by Gasteiger charge is 2.19. The van der Waals surface area contributed by atoms with Gasteiger partial charge in [0, 0.05) is 7.05 Å². The van der Waals surface area contributed by atoms with E-state index >= 15 is 0 Å². The second-order valence-electron chi connectivity index (χ2n) is 4.18. The number of rotatable bonds is 4. The minimum atomic E-state index is -0.559. The lowest BCUT2D eigenvalue weighted by atomic mass is 10.2. The van der Waals surface area contributed by atoms with Crippen molar-refractivity contribution >= 4 is 12.1 Å². The Morgan fingerprint density at radius 3 is 2.31 bits per heavy atom. The van der Waals surface area contributed by atoms with Gasteiger partial charge in [-0.3, -0.25) is 4.79 Å². The van der Waals surface area contributed by atoms with Gasteiger partial charge in [-0.15, -0.1) is 0 Å². The van der Waals surface area contributed by atoms with Crippen molar-refractivity contribution in [1.82, 2.24) is 10.4 Å². The molecule has 0 saturated carbocycles. The Balaban J connectivity index is 3.93. The lowest BCUT2D eigenvalue weighted by molar-refractivity contribution is -0.142. The zero-order valence-electron chi connectivity index (χ0n) is 10.5. The molecule has 0 bridgehead atoms. The van der Waals surface area contributed by atoms with Crippen molar-refractivity contribution in [3.63, 3.8) is 0 Å². The third-order valence-corrected chi connectivity index (χ3v) is 1.43. The van der Waals surface area contributed by atoms with Gasteiger partial charge in [-0.2, -0.15) is 0 Å². The maximum absolute atomic E-state index is 11.4. The van der Waals surface area contributed by atoms with Crippen LogP contribution in [-0.2, 0) is 14.3 Å². The molecule has 16 heavy (non-hydrogen) atoms. The maximum Gasteiger partial charge on any atom is 0.424 e. The molecule has 0 heterocycles. The molecule has 0 radical (unpaired) electrons. The maximum atomic E-state index is 11.4. The van der Waals surface area contributed by atoms with E-state index in [4.69, 9.17) is 9.47 Å². The topological polar surface area (TPSA) is 67.9 Å². The average Bonchev–Trinajstić information content (AvgIpc) is 2.11. The number of carbonyl (C=O) groups excluding carboxylic acids is 2. The van der Waals surface area contributed by atoms with E-state index in [1.165, 1.54) is 7.05 Å². The van der Waals surface area contributed by atoms with Gasteiger partial charge in [0.05, 0.1) is 6.61 Å². The molecule has 0 rings (SSSR count). The summed E-state index contributed by atoms with van der Waals surface area (Å²) in [5.74, 6) is -0.419. The minimum Gasteiger partial charge on any atom is -0.465 e. The SMILES string of the molecule is CCOC(=O)CNN(C)C(=O)OC(C)(C)C. The molecule has 1 amide bonds. The van der Waals surface area contributed by atoms with E-state index in [1.807, 2.05) is 0 Å². The summed E-state index contributed by atoms with van der Waals surface area (Å²) in [5, 5.41) is 1.11. The van der Waals surface area contributed by atoms with Crippen LogP contribution in [0.4, 0.5) is 4.79 Å². The summed E-state index contributed by atoms with van der Waals surface area (Å²) in [7, 11) is 1.48. The summed E-state index contributed by atoms with van der Waals surface area (Å²) in [6.07, 6.45) is -0.545. The number of hydrogen-bond donors (Lipinski definition) is 1. The predicted molar refractivity (Wildman–Crippen MR) is 58.6 cm³/mol. The van der Waals surface area contributed by atoms with Crippen molar-refractivity contribution in [1.29, 1.82) is 0 Å². The van der Waals surface area contributed by atoms with Crippen molar-refractivity contribution in [3.8, 4) is 0 Å². The smallest absolute Gasteiger partial charge is 0.424 e. The fraction of sp³-hybridized carbons (Fsp3) is 0.800. The van der Waals surface area contributed by atoms with Crippen LogP contribution in [0.1, 0.15) is 27.7 Å². The van der Waals surface area contributed by atoms with Gasteiger partial charge >= 0.3 is 12.1 Å². The summed E-state index contributed by atoms with van der Waals surface area (Å²) in [6, 6.07) is 0. The fourth-order valence-electron chi connectivity index (χ4n) is 0.790. The molecular weight excluding hydrogens is 212 g/mol. The van der Waals surface area contributed by atoms with E-state index in [0.717, 1.165) is 5.01 Å². The lowest BCUT2D eigenvalue weighted by Crippen LogP contribution is -2.45. The Morgan fingerprint density at radius 2 is 1.88 bits per heavy atom. The first-order valence-corrected chi connectivity index (χ1v) is 5.12. The van der Waals surface area contributed by atoms with Crippen molar-refractivity contribution < 1.29 is 19.1 Å². The van der Waals surface area contributed by atoms with Crippen LogP contribution in [0, 0.1) is 0 Å². The van der Waals surface area contributed by atoms with Gasteiger partial charge in [0.1, 0.15) is 12.1 Å². The molecule has 6 nitrogen and oxygen atoms in total. The van der Waals surface area contributed by atoms with Gasteiger partial charge < -0.3 is 9.47 Å². The summed E-state index contributed by atoms with van der Waals surface area (Å²) >= 11 is 0. The highest BCUT2D eigenvalue weighted by atomic mass is 16.6. The average molecular weight is 232 g/mol. The standard InChI is InChI=1S/C10H20N2O4/c1-6-15-8(13)7-11-12(5)9(14)16-10(2,3)4/h11H,6-7H2,1-5H3. The molecule has 0 aromatic carbocycles. The summed E-state index contributed by atoms with van der Waals surface area (Å²) < 4.78 is 9.76. The highest BCUT2D eigenvalue weighted by molar-refractivity contribution is 5.72. The number of carbonyl (C=O) groups is 2. The second kappa shape index (κ2) is 6.32. The first kappa shape index (κ1) is 14.7. The van der Waals surface area contributed by atoms with E-state index in [2.05, 4.69) is 5.43 Å². The molecular formula is C10H20N2O4. The number of hydrogen-bond acceptors (Lipinski definition) is 5.